The van der Waals surface area contributed by atoms with Crippen LogP contribution >= 0.6 is 0 Å². The van der Waals surface area contributed by atoms with Crippen molar-refractivity contribution in [2.24, 2.45) is 0 Å². The monoisotopic (exact) mass is 183 g/mol. The summed E-state index contributed by atoms with van der Waals surface area (Å²) in [5.74, 6) is -0.264. The molecule has 2 N–H and O–H groups in total. The highest BCUT2D eigenvalue weighted by Gasteiger charge is 2.11. The number of carbonyl (C=O) groups excluding carboxylic acids is 1. The summed E-state index contributed by atoms with van der Waals surface area (Å²) in [7, 11) is 1.37. The van der Waals surface area contributed by atoms with E-state index in [0.29, 0.717) is 6.54 Å². The number of esters is 1. The maximum absolute atomic E-state index is 11.0. The highest BCUT2D eigenvalue weighted by molar-refractivity contribution is 5.74. The van der Waals surface area contributed by atoms with Crippen LogP contribution in [-0.4, -0.2) is 29.1 Å². The first kappa shape index (κ1) is 9.73. The fourth-order valence-corrected chi connectivity index (χ4v) is 0.905. The zero-order valence-electron chi connectivity index (χ0n) is 7.70. The van der Waals surface area contributed by atoms with E-state index in [1.54, 1.807) is 19.4 Å². The third-order valence-electron chi connectivity index (χ3n) is 1.71. The van der Waals surface area contributed by atoms with E-state index in [-0.39, 0.29) is 12.0 Å². The molecule has 1 aromatic rings. The van der Waals surface area contributed by atoms with Gasteiger partial charge in [0.1, 0.15) is 6.04 Å². The number of methoxy groups -OCH3 is 1. The molecular weight excluding hydrogens is 170 g/mol. The highest BCUT2D eigenvalue weighted by atomic mass is 16.5. The van der Waals surface area contributed by atoms with Gasteiger partial charge in [-0.05, 0) is 6.92 Å². The van der Waals surface area contributed by atoms with Crippen molar-refractivity contribution in [3.63, 3.8) is 0 Å². The quantitative estimate of drug-likeness (QED) is 0.648. The largest absolute Gasteiger partial charge is 0.468 e. The number of nitrogens with zero attached hydrogens (tertiary/aromatic N) is 1. The van der Waals surface area contributed by atoms with Crippen molar-refractivity contribution in [2.75, 3.05) is 7.11 Å². The van der Waals surface area contributed by atoms with Crippen LogP contribution in [-0.2, 0) is 16.1 Å². The van der Waals surface area contributed by atoms with E-state index < -0.39 is 0 Å². The van der Waals surface area contributed by atoms with E-state index >= 15 is 0 Å². The number of rotatable bonds is 4. The van der Waals surface area contributed by atoms with Gasteiger partial charge in [-0.25, -0.2) is 4.98 Å². The zero-order chi connectivity index (χ0) is 9.68. The second-order valence-electron chi connectivity index (χ2n) is 2.70. The van der Waals surface area contributed by atoms with Crippen molar-refractivity contribution in [2.45, 2.75) is 19.5 Å². The van der Waals surface area contributed by atoms with Crippen LogP contribution in [0.25, 0.3) is 0 Å². The molecule has 1 atom stereocenters. The van der Waals surface area contributed by atoms with E-state index in [0.717, 1.165) is 5.69 Å². The second kappa shape index (κ2) is 4.61. The van der Waals surface area contributed by atoms with Gasteiger partial charge in [0.05, 0.1) is 13.4 Å². The van der Waals surface area contributed by atoms with Crippen molar-refractivity contribution in [1.29, 1.82) is 0 Å². The number of carbonyl (C=O) groups is 1. The molecule has 1 unspecified atom stereocenters. The molecule has 0 bridgehead atoms. The van der Waals surface area contributed by atoms with Crippen molar-refractivity contribution in [3.8, 4) is 0 Å². The number of aromatic nitrogens is 2. The molecule has 1 aromatic heterocycles. The topological polar surface area (TPSA) is 67.0 Å². The van der Waals surface area contributed by atoms with Crippen LogP contribution in [0.15, 0.2) is 12.5 Å². The fourth-order valence-electron chi connectivity index (χ4n) is 0.905. The number of aromatic amines is 1. The lowest BCUT2D eigenvalue weighted by atomic mass is 10.3. The Balaban J connectivity index is 2.30. The number of hydrogen-bond donors (Lipinski definition) is 2. The molecule has 5 heteroatoms. The lowest BCUT2D eigenvalue weighted by Crippen LogP contribution is -2.34. The lowest BCUT2D eigenvalue weighted by molar-refractivity contribution is -0.142. The Hall–Kier alpha value is -1.36. The van der Waals surface area contributed by atoms with Crippen molar-refractivity contribution < 1.29 is 9.53 Å². The fraction of sp³-hybridized carbons (Fsp3) is 0.500. The van der Waals surface area contributed by atoms with Crippen LogP contribution in [0.2, 0.25) is 0 Å². The minimum Gasteiger partial charge on any atom is -0.468 e. The van der Waals surface area contributed by atoms with Crippen molar-refractivity contribution in [3.05, 3.63) is 18.2 Å². The van der Waals surface area contributed by atoms with Gasteiger partial charge in [0.2, 0.25) is 0 Å². The molecular formula is C8H13N3O2. The first-order chi connectivity index (χ1) is 6.24. The molecule has 0 aliphatic rings. The average molecular weight is 183 g/mol. The second-order valence-corrected chi connectivity index (χ2v) is 2.70. The summed E-state index contributed by atoms with van der Waals surface area (Å²) < 4.78 is 4.55. The van der Waals surface area contributed by atoms with Crippen LogP contribution in [0.3, 0.4) is 0 Å². The maximum atomic E-state index is 11.0. The number of ether oxygens (including phenoxy) is 1. The van der Waals surface area contributed by atoms with Gasteiger partial charge in [-0.2, -0.15) is 0 Å². The third kappa shape index (κ3) is 2.87. The summed E-state index contributed by atoms with van der Waals surface area (Å²) >= 11 is 0. The number of nitrogens with one attached hydrogen (secondary N) is 2. The van der Waals surface area contributed by atoms with Gasteiger partial charge in [0.25, 0.3) is 0 Å². The summed E-state index contributed by atoms with van der Waals surface area (Å²) in [6.07, 6.45) is 3.30. The van der Waals surface area contributed by atoms with E-state index in [9.17, 15) is 4.79 Å². The SMILES string of the molecule is COC(=O)C(C)NCc1cnc[nH]1. The molecule has 0 saturated heterocycles. The van der Waals surface area contributed by atoms with Crippen LogP contribution in [0.4, 0.5) is 0 Å². The third-order valence-corrected chi connectivity index (χ3v) is 1.71. The van der Waals surface area contributed by atoms with Crippen LogP contribution in [0.5, 0.6) is 0 Å². The summed E-state index contributed by atoms with van der Waals surface area (Å²) in [6.45, 7) is 2.33. The molecule has 0 radical (unpaired) electrons. The summed E-state index contributed by atoms with van der Waals surface area (Å²) in [4.78, 5) is 17.7. The molecule has 0 spiro atoms. The van der Waals surface area contributed by atoms with Gasteiger partial charge in [-0.15, -0.1) is 0 Å². The predicted octanol–water partition coefficient (Wildman–Crippen LogP) is 0.0608. The molecule has 5 nitrogen and oxygen atoms in total. The van der Waals surface area contributed by atoms with E-state index in [1.807, 2.05) is 0 Å². The molecule has 1 rings (SSSR count). The Kier molecular flexibility index (Phi) is 3.45. The minimum atomic E-state index is -0.298. The Morgan fingerprint density at radius 2 is 2.62 bits per heavy atom. The first-order valence-electron chi connectivity index (χ1n) is 4.02. The molecule has 0 amide bonds. The highest BCUT2D eigenvalue weighted by Crippen LogP contribution is 1.92. The van der Waals surface area contributed by atoms with Gasteiger partial charge >= 0.3 is 5.97 Å². The molecule has 0 aromatic carbocycles. The first-order valence-corrected chi connectivity index (χ1v) is 4.02. The van der Waals surface area contributed by atoms with Gasteiger partial charge in [0, 0.05) is 18.4 Å². The standard InChI is InChI=1S/C8H13N3O2/c1-6(8(12)13-2)10-4-7-3-9-5-11-7/h3,5-6,10H,4H2,1-2H3,(H,9,11). The number of imidazole rings is 1. The Morgan fingerprint density at radius 3 is 3.15 bits per heavy atom. The number of hydrogen-bond acceptors (Lipinski definition) is 4. The Bertz CT molecular complexity index is 258. The maximum Gasteiger partial charge on any atom is 0.322 e. The van der Waals surface area contributed by atoms with E-state index in [2.05, 4.69) is 20.0 Å². The van der Waals surface area contributed by atoms with Crippen LogP contribution in [0, 0.1) is 0 Å². The van der Waals surface area contributed by atoms with Crippen LogP contribution < -0.4 is 5.32 Å². The molecule has 0 aliphatic carbocycles. The zero-order valence-corrected chi connectivity index (χ0v) is 7.70. The van der Waals surface area contributed by atoms with Gasteiger partial charge in [-0.1, -0.05) is 0 Å². The van der Waals surface area contributed by atoms with Crippen LogP contribution in [0.1, 0.15) is 12.6 Å². The van der Waals surface area contributed by atoms with Gasteiger partial charge in [-0.3, -0.25) is 10.1 Å². The normalized spacial score (nSPS) is 12.5. The Labute approximate surface area is 76.5 Å². The molecule has 0 aliphatic heterocycles. The summed E-state index contributed by atoms with van der Waals surface area (Å²) in [5.41, 5.74) is 0.941. The number of H-pyrrole nitrogens is 1. The average Bonchev–Trinajstić information content (AvgIpc) is 2.65. The predicted molar refractivity (Wildman–Crippen MR) is 46.9 cm³/mol. The molecule has 72 valence electrons. The summed E-state index contributed by atoms with van der Waals surface area (Å²) in [5, 5.41) is 2.99. The van der Waals surface area contributed by atoms with E-state index in [4.69, 9.17) is 0 Å². The van der Waals surface area contributed by atoms with Gasteiger partial charge in [0.15, 0.2) is 0 Å². The van der Waals surface area contributed by atoms with E-state index in [1.165, 1.54) is 7.11 Å². The Morgan fingerprint density at radius 1 is 1.85 bits per heavy atom. The summed E-state index contributed by atoms with van der Waals surface area (Å²) in [6, 6.07) is -0.298. The minimum absolute atomic E-state index is 0.264. The van der Waals surface area contributed by atoms with Crippen molar-refractivity contribution >= 4 is 5.97 Å². The lowest BCUT2D eigenvalue weighted by Gasteiger charge is -2.09. The molecule has 13 heavy (non-hydrogen) atoms. The van der Waals surface area contributed by atoms with Gasteiger partial charge < -0.3 is 9.72 Å². The molecule has 1 heterocycles. The smallest absolute Gasteiger partial charge is 0.322 e. The van der Waals surface area contributed by atoms with Crippen molar-refractivity contribution in [1.82, 2.24) is 15.3 Å². The molecule has 0 saturated carbocycles. The molecule has 0 fully saturated rings.